The molecule has 1 fully saturated rings. The third-order valence-electron chi connectivity index (χ3n) is 13.2. The van der Waals surface area contributed by atoms with Crippen molar-refractivity contribution >= 4 is 225 Å². The molecule has 0 bridgehead atoms. The summed E-state index contributed by atoms with van der Waals surface area (Å²) in [5.74, 6) is 0. The molecular formula is C60H47B2Cl4IN10O9S4. The van der Waals surface area contributed by atoms with E-state index in [0.29, 0.717) is 22.1 Å². The fourth-order valence-electron chi connectivity index (χ4n) is 8.18. The maximum absolute atomic E-state index is 11.0. The SMILES string of the molecule is CC1(C)OB(c2ccc3oc(N)nc3c2)OC1(C)C.Clc1ccnc2cc(I)sc12.Clc1ccnc2ccsc12.Nc1nc2cc(-c3cc4nccc(-c5ccncc5)c4s3)ccc2o1.O=C(Cl)C(=O)Cl.O=c1cc[nH]c2ccsc12.OB(O)c1ccncc1. The van der Waals surface area contributed by atoms with Crippen LogP contribution in [-0.4, -0.2) is 85.8 Å². The smallest absolute Gasteiger partial charge is 0.424 e. The molecular weight excluding hydrogens is 1420 g/mol. The number of nitrogens with zero attached hydrogens (tertiary/aromatic N) is 7. The number of H-pyrrole nitrogens is 1. The molecule has 2 aromatic carbocycles. The molecule has 14 aromatic rings. The number of hydrogen-bond acceptors (Lipinski definition) is 22. The van der Waals surface area contributed by atoms with Crippen molar-refractivity contribution < 1.29 is 37.8 Å². The molecule has 13 heterocycles. The number of fused-ring (bicyclic) bond motifs is 6. The van der Waals surface area contributed by atoms with E-state index < -0.39 is 24.7 Å². The fourth-order valence-corrected chi connectivity index (χ4v) is 13.1. The van der Waals surface area contributed by atoms with Gasteiger partial charge in [-0.1, -0.05) is 29.3 Å². The molecule has 0 unspecified atom stereocenters. The van der Waals surface area contributed by atoms with Crippen molar-refractivity contribution in [3.8, 4) is 21.6 Å². The first-order chi connectivity index (χ1) is 43.0. The number of nitrogens with two attached hydrogens (primary N) is 2. The molecule has 456 valence electrons. The van der Waals surface area contributed by atoms with E-state index in [9.17, 15) is 14.4 Å². The van der Waals surface area contributed by atoms with Crippen molar-refractivity contribution in [2.45, 2.75) is 38.9 Å². The topological polar surface area (TPSA) is 294 Å². The van der Waals surface area contributed by atoms with Crippen LogP contribution in [0.1, 0.15) is 27.7 Å². The average Bonchev–Trinajstić information content (AvgIpc) is 1.68. The summed E-state index contributed by atoms with van der Waals surface area (Å²) in [5, 5.41) is 20.3. The summed E-state index contributed by atoms with van der Waals surface area (Å²) in [6, 6.07) is 34.2. The number of aromatic nitrogens is 8. The molecule has 30 heteroatoms. The number of oxazole rings is 2. The zero-order valence-electron chi connectivity index (χ0n) is 47.4. The Morgan fingerprint density at radius 2 is 1.16 bits per heavy atom. The summed E-state index contributed by atoms with van der Waals surface area (Å²) in [4.78, 5) is 63.0. The molecule has 7 N–H and O–H groups in total. The molecule has 12 aromatic heterocycles. The molecule has 1 saturated heterocycles. The maximum Gasteiger partial charge on any atom is 0.494 e. The van der Waals surface area contributed by atoms with Gasteiger partial charge in [-0.05, 0) is 203 Å². The lowest BCUT2D eigenvalue weighted by atomic mass is 9.79. The third kappa shape index (κ3) is 17.0. The molecule has 0 saturated carbocycles. The Labute approximate surface area is 562 Å². The lowest BCUT2D eigenvalue weighted by Crippen LogP contribution is -2.41. The summed E-state index contributed by atoms with van der Waals surface area (Å²) < 4.78 is 27.9. The highest BCUT2D eigenvalue weighted by Gasteiger charge is 2.51. The summed E-state index contributed by atoms with van der Waals surface area (Å²) in [6.07, 6.45) is 13.6. The average molecular weight is 1470 g/mol. The normalized spacial score (nSPS) is 12.7. The Bertz CT molecular complexity index is 4810. The quantitative estimate of drug-likeness (QED) is 0.0463. The molecule has 90 heavy (non-hydrogen) atoms. The van der Waals surface area contributed by atoms with Crippen LogP contribution >= 0.6 is 114 Å². The fraction of sp³-hybridized carbons (Fsp3) is 0.100. The van der Waals surface area contributed by atoms with Gasteiger partial charge < -0.3 is 44.6 Å². The predicted octanol–water partition coefficient (Wildman–Crippen LogP) is 13.8. The van der Waals surface area contributed by atoms with Crippen LogP contribution in [0.3, 0.4) is 0 Å². The van der Waals surface area contributed by atoms with E-state index in [1.807, 2.05) is 124 Å². The summed E-state index contributed by atoms with van der Waals surface area (Å²) in [7, 11) is -1.78. The minimum Gasteiger partial charge on any atom is -0.424 e. The Morgan fingerprint density at radius 1 is 0.600 bits per heavy atom. The standard InChI is InChI=1S/C19H12N4OS.C13H17BN2O3.C7H3ClINS.C7H4ClNS.C7H5NOS.C5H6BNO2.C2Cl2O2/c20-19-23-14-9-12(1-2-16(14)24-19)17-10-15-18(25-17)13(5-8-22-15)11-3-6-21-7-4-11;1-12(2)13(3,4)19-14(18-12)8-5-6-10-9(7-8)16-11(15)17-10;8-4-1-2-10-5-3-6(9)11-7(4)5;8-5-1-3-9-6-2-4-10-7(5)6;9-6-1-3-8-5-2-4-10-7(5)6;8-6(9)5-1-3-7-4-2-5;3-1(5)2(4)6/h1-10H,(H2,20,23);5-7H,1-4H3,(H2,15,16);1-3H;1-4H;1-4H,(H,8,9);1-4,8-9H;. The van der Waals surface area contributed by atoms with Crippen LogP contribution in [0.2, 0.25) is 10.0 Å². The predicted molar refractivity (Wildman–Crippen MR) is 375 cm³/mol. The molecule has 0 amide bonds. The highest BCUT2D eigenvalue weighted by Crippen LogP contribution is 2.40. The number of hydrogen-bond donors (Lipinski definition) is 5. The molecule has 15 rings (SSSR count). The molecule has 19 nitrogen and oxygen atoms in total. The van der Waals surface area contributed by atoms with Crippen LogP contribution < -0.4 is 27.8 Å². The van der Waals surface area contributed by atoms with Crippen molar-refractivity contribution in [1.29, 1.82) is 0 Å². The second kappa shape index (κ2) is 30.2. The van der Waals surface area contributed by atoms with Crippen LogP contribution in [0, 0.1) is 2.88 Å². The van der Waals surface area contributed by atoms with E-state index in [-0.39, 0.29) is 28.7 Å². The number of nitrogen functional groups attached to an aromatic ring is 2. The summed E-state index contributed by atoms with van der Waals surface area (Å²) in [5.41, 5.74) is 22.0. The third-order valence-corrected chi connectivity index (χ3v) is 19.5. The van der Waals surface area contributed by atoms with E-state index in [2.05, 4.69) is 91.7 Å². The van der Waals surface area contributed by atoms with Crippen molar-refractivity contribution in [3.63, 3.8) is 0 Å². The number of rotatable bonds is 5. The van der Waals surface area contributed by atoms with Crippen molar-refractivity contribution in [2.75, 3.05) is 11.5 Å². The van der Waals surface area contributed by atoms with Gasteiger partial charge in [0.15, 0.2) is 16.6 Å². The van der Waals surface area contributed by atoms with Gasteiger partial charge in [-0.25, -0.2) is 0 Å². The minimum absolute atomic E-state index is 0.101. The van der Waals surface area contributed by atoms with Crippen molar-refractivity contribution in [1.82, 2.24) is 39.9 Å². The number of aromatic amines is 1. The number of carbonyl (C=O) groups excluding carboxylic acids is 2. The molecule has 0 radical (unpaired) electrons. The first kappa shape index (κ1) is 67.1. The van der Waals surface area contributed by atoms with Gasteiger partial charge in [-0.2, -0.15) is 9.97 Å². The maximum atomic E-state index is 11.0. The number of benzene rings is 2. The highest BCUT2D eigenvalue weighted by molar-refractivity contribution is 14.1. The van der Waals surface area contributed by atoms with Crippen molar-refractivity contribution in [3.05, 3.63) is 193 Å². The number of thiophene rings is 4. The molecule has 0 spiro atoms. The zero-order valence-corrected chi connectivity index (χ0v) is 55.8. The molecule has 1 aliphatic rings. The van der Waals surface area contributed by atoms with E-state index in [0.717, 1.165) is 83.5 Å². The van der Waals surface area contributed by atoms with Gasteiger partial charge in [-0.3, -0.25) is 39.3 Å². The Hall–Kier alpha value is -7.28. The lowest BCUT2D eigenvalue weighted by molar-refractivity contribution is -0.127. The minimum atomic E-state index is -1.38. The number of nitrogens with one attached hydrogen (secondary N) is 1. The van der Waals surface area contributed by atoms with Gasteiger partial charge in [0, 0.05) is 66.1 Å². The molecule has 0 atom stereocenters. The highest BCUT2D eigenvalue weighted by atomic mass is 127. The van der Waals surface area contributed by atoms with Crippen molar-refractivity contribution in [2.24, 2.45) is 0 Å². The van der Waals surface area contributed by atoms with Crippen LogP contribution in [-0.2, 0) is 18.9 Å². The summed E-state index contributed by atoms with van der Waals surface area (Å²) >= 11 is 29.5. The van der Waals surface area contributed by atoms with Gasteiger partial charge in [0.25, 0.3) is 12.0 Å². The first-order valence-electron chi connectivity index (χ1n) is 26.4. The second-order valence-electron chi connectivity index (χ2n) is 19.7. The Morgan fingerprint density at radius 3 is 1.74 bits per heavy atom. The van der Waals surface area contributed by atoms with Gasteiger partial charge in [0.2, 0.25) is 0 Å². The number of carbonyl (C=O) groups is 2. The van der Waals surface area contributed by atoms with Crippen LogP contribution in [0.15, 0.2) is 183 Å². The van der Waals surface area contributed by atoms with Crippen LogP contribution in [0.5, 0.6) is 0 Å². The van der Waals surface area contributed by atoms with E-state index in [1.165, 1.54) is 26.6 Å². The monoisotopic (exact) mass is 1470 g/mol. The summed E-state index contributed by atoms with van der Waals surface area (Å²) in [6.45, 7) is 8.11. The van der Waals surface area contributed by atoms with Gasteiger partial charge >= 0.3 is 24.7 Å². The van der Waals surface area contributed by atoms with Gasteiger partial charge in [-0.15, -0.1) is 45.3 Å². The lowest BCUT2D eigenvalue weighted by Gasteiger charge is -2.32. The van der Waals surface area contributed by atoms with E-state index in [4.69, 9.17) is 62.9 Å². The number of halogens is 5. The Balaban J connectivity index is 0.000000131. The van der Waals surface area contributed by atoms with Crippen LogP contribution in [0.4, 0.5) is 12.0 Å². The first-order valence-corrected chi connectivity index (χ1v) is 32.4. The van der Waals surface area contributed by atoms with E-state index >= 15 is 0 Å². The van der Waals surface area contributed by atoms with Gasteiger partial charge in [0.1, 0.15) is 11.0 Å². The number of pyridine rings is 6. The molecule has 1 aliphatic heterocycles. The second-order valence-corrected chi connectivity index (χ2v) is 27.0. The largest absolute Gasteiger partial charge is 0.494 e. The van der Waals surface area contributed by atoms with Crippen LogP contribution in [0.25, 0.3) is 84.6 Å². The molecule has 0 aliphatic carbocycles. The Kier molecular flexibility index (Phi) is 22.5. The van der Waals surface area contributed by atoms with Gasteiger partial charge in [0.05, 0.1) is 65.0 Å². The number of anilines is 2. The zero-order chi connectivity index (χ0) is 64.3. The van der Waals surface area contributed by atoms with E-state index in [1.54, 1.807) is 89.3 Å².